The minimum absolute atomic E-state index is 0.268. The van der Waals surface area contributed by atoms with Crippen molar-refractivity contribution in [1.29, 1.82) is 0 Å². The molecule has 0 radical (unpaired) electrons. The summed E-state index contributed by atoms with van der Waals surface area (Å²) < 4.78 is 6.77. The summed E-state index contributed by atoms with van der Waals surface area (Å²) >= 11 is 0. The molecule has 1 saturated heterocycles. The van der Waals surface area contributed by atoms with Crippen molar-refractivity contribution in [2.75, 3.05) is 13.7 Å². The predicted molar refractivity (Wildman–Crippen MR) is 94.5 cm³/mol. The van der Waals surface area contributed by atoms with Gasteiger partial charge >= 0.3 is 5.97 Å². The molecule has 1 N–H and O–H groups in total. The Kier molecular flexibility index (Phi) is 5.20. The number of carbonyl (C=O) groups is 1. The number of esters is 1. The molecule has 134 valence electrons. The van der Waals surface area contributed by atoms with Gasteiger partial charge in [-0.05, 0) is 18.1 Å². The Labute approximate surface area is 148 Å². The van der Waals surface area contributed by atoms with Crippen LogP contribution in [0, 0.1) is 0 Å². The number of nitrogens with zero attached hydrogens (tertiary/aromatic N) is 3. The van der Waals surface area contributed by atoms with Gasteiger partial charge in [0.15, 0.2) is 0 Å². The van der Waals surface area contributed by atoms with Crippen LogP contribution in [0.25, 0.3) is 5.69 Å². The first kappa shape index (κ1) is 17.6. The largest absolute Gasteiger partial charge is 0.468 e. The molecule has 1 fully saturated rings. The van der Waals surface area contributed by atoms with Gasteiger partial charge in [-0.2, -0.15) is 5.10 Å². The Morgan fingerprint density at radius 2 is 2.08 bits per heavy atom. The van der Waals surface area contributed by atoms with E-state index in [0.717, 1.165) is 16.9 Å². The number of rotatable bonds is 5. The van der Waals surface area contributed by atoms with Gasteiger partial charge in [-0.15, -0.1) is 0 Å². The van der Waals surface area contributed by atoms with Crippen LogP contribution in [0.2, 0.25) is 0 Å². The minimum atomic E-state index is -0.504. The summed E-state index contributed by atoms with van der Waals surface area (Å²) in [6.07, 6.45) is 1.93. The summed E-state index contributed by atoms with van der Waals surface area (Å²) in [5.74, 6) is -0.0258. The van der Waals surface area contributed by atoms with Gasteiger partial charge in [0.2, 0.25) is 0 Å². The Hall–Kier alpha value is -2.18. The van der Waals surface area contributed by atoms with E-state index >= 15 is 0 Å². The maximum atomic E-state index is 12.0. The summed E-state index contributed by atoms with van der Waals surface area (Å²) in [5, 5.41) is 14.7. The molecule has 6 nitrogen and oxygen atoms in total. The highest BCUT2D eigenvalue weighted by Crippen LogP contribution is 2.26. The van der Waals surface area contributed by atoms with Crippen LogP contribution < -0.4 is 0 Å². The molecule has 25 heavy (non-hydrogen) atoms. The molecule has 1 aromatic heterocycles. The van der Waals surface area contributed by atoms with Crippen molar-refractivity contribution >= 4 is 5.97 Å². The highest BCUT2D eigenvalue weighted by molar-refractivity contribution is 5.76. The molecule has 0 saturated carbocycles. The van der Waals surface area contributed by atoms with Crippen molar-refractivity contribution < 1.29 is 14.6 Å². The van der Waals surface area contributed by atoms with E-state index in [0.29, 0.717) is 19.5 Å². The van der Waals surface area contributed by atoms with E-state index in [1.165, 1.54) is 7.11 Å². The van der Waals surface area contributed by atoms with E-state index in [1.807, 2.05) is 46.1 Å². The van der Waals surface area contributed by atoms with Gasteiger partial charge in [0.25, 0.3) is 0 Å². The van der Waals surface area contributed by atoms with Crippen LogP contribution in [0.5, 0.6) is 0 Å². The zero-order valence-electron chi connectivity index (χ0n) is 14.9. The molecular formula is C19H25N3O3. The van der Waals surface area contributed by atoms with E-state index < -0.39 is 12.1 Å². The van der Waals surface area contributed by atoms with Gasteiger partial charge < -0.3 is 9.84 Å². The number of aliphatic hydroxyl groups is 1. The lowest BCUT2D eigenvalue weighted by atomic mass is 10.1. The Morgan fingerprint density at radius 3 is 2.72 bits per heavy atom. The van der Waals surface area contributed by atoms with Crippen molar-refractivity contribution in [3.8, 4) is 5.69 Å². The zero-order chi connectivity index (χ0) is 18.0. The number of likely N-dealkylation sites (tertiary alicyclic amines) is 1. The molecule has 1 aliphatic rings. The highest BCUT2D eigenvalue weighted by Gasteiger charge is 2.37. The average molecular weight is 343 g/mol. The fourth-order valence-electron chi connectivity index (χ4n) is 3.40. The molecule has 0 spiro atoms. The Bertz CT molecular complexity index is 727. The lowest BCUT2D eigenvalue weighted by Crippen LogP contribution is -2.36. The number of carbonyl (C=O) groups excluding carboxylic acids is 1. The van der Waals surface area contributed by atoms with E-state index in [2.05, 4.69) is 13.8 Å². The fourth-order valence-corrected chi connectivity index (χ4v) is 3.40. The first-order valence-corrected chi connectivity index (χ1v) is 8.63. The summed E-state index contributed by atoms with van der Waals surface area (Å²) in [6, 6.07) is 9.56. The van der Waals surface area contributed by atoms with E-state index in [-0.39, 0.29) is 11.9 Å². The molecule has 2 atom stereocenters. The zero-order valence-corrected chi connectivity index (χ0v) is 14.9. The third-order valence-electron chi connectivity index (χ3n) is 4.62. The number of hydrogen-bond acceptors (Lipinski definition) is 5. The molecule has 2 aromatic rings. The topological polar surface area (TPSA) is 67.6 Å². The molecule has 0 aliphatic carbocycles. The van der Waals surface area contributed by atoms with Crippen LogP contribution in [0.4, 0.5) is 0 Å². The molecule has 3 rings (SSSR count). The average Bonchev–Trinajstić information content (AvgIpc) is 3.19. The number of aliphatic hydroxyl groups excluding tert-OH is 1. The second-order valence-corrected chi connectivity index (χ2v) is 6.83. The fraction of sp³-hybridized carbons (Fsp3) is 0.474. The quantitative estimate of drug-likeness (QED) is 0.842. The lowest BCUT2D eigenvalue weighted by Gasteiger charge is -2.22. The van der Waals surface area contributed by atoms with Crippen LogP contribution >= 0.6 is 0 Å². The van der Waals surface area contributed by atoms with Gasteiger partial charge in [0, 0.05) is 31.3 Å². The standard InChI is InChI=1S/C19H25N3O3/c1-13(2)18-14(11-22(20-18)15-7-5-4-6-8-15)10-21-12-16(23)9-17(21)19(24)25-3/h4-8,11,13,16-17,23H,9-10,12H2,1-3H3/t16-,17+/m0/s1. The number of hydrogen-bond donors (Lipinski definition) is 1. The van der Waals surface area contributed by atoms with Crippen molar-refractivity contribution in [3.63, 3.8) is 0 Å². The van der Waals surface area contributed by atoms with E-state index in [1.54, 1.807) is 0 Å². The van der Waals surface area contributed by atoms with Crippen molar-refractivity contribution in [3.05, 3.63) is 47.8 Å². The Balaban J connectivity index is 1.88. The lowest BCUT2D eigenvalue weighted by molar-refractivity contribution is -0.146. The second-order valence-electron chi connectivity index (χ2n) is 6.83. The Morgan fingerprint density at radius 1 is 1.36 bits per heavy atom. The first-order chi connectivity index (χ1) is 12.0. The van der Waals surface area contributed by atoms with Crippen LogP contribution in [0.3, 0.4) is 0 Å². The normalized spacial score (nSPS) is 21.0. The van der Waals surface area contributed by atoms with Gasteiger partial charge in [-0.25, -0.2) is 4.68 Å². The number of benzene rings is 1. The molecule has 0 unspecified atom stereocenters. The molecule has 2 heterocycles. The minimum Gasteiger partial charge on any atom is -0.468 e. The molecule has 0 amide bonds. The summed E-state index contributed by atoms with van der Waals surface area (Å²) in [6.45, 7) is 5.25. The summed E-state index contributed by atoms with van der Waals surface area (Å²) in [5.41, 5.74) is 3.08. The van der Waals surface area contributed by atoms with Crippen LogP contribution in [-0.4, -0.2) is 51.6 Å². The third kappa shape index (κ3) is 3.75. The van der Waals surface area contributed by atoms with Gasteiger partial charge in [0.1, 0.15) is 6.04 Å². The van der Waals surface area contributed by atoms with Gasteiger partial charge in [-0.1, -0.05) is 32.0 Å². The highest BCUT2D eigenvalue weighted by atomic mass is 16.5. The number of aromatic nitrogens is 2. The third-order valence-corrected chi connectivity index (χ3v) is 4.62. The van der Waals surface area contributed by atoms with Gasteiger partial charge in [-0.3, -0.25) is 9.69 Å². The molecule has 6 heteroatoms. The second kappa shape index (κ2) is 7.37. The number of β-amino-alcohol motifs (C(OH)–C–C–N with tert-alkyl or cyclic N) is 1. The van der Waals surface area contributed by atoms with E-state index in [4.69, 9.17) is 9.84 Å². The maximum absolute atomic E-state index is 12.0. The number of methoxy groups -OCH3 is 1. The number of ether oxygens (including phenoxy) is 1. The predicted octanol–water partition coefficient (Wildman–Crippen LogP) is 2.10. The molecule has 1 aromatic carbocycles. The van der Waals surface area contributed by atoms with Crippen LogP contribution in [0.15, 0.2) is 36.5 Å². The van der Waals surface area contributed by atoms with Crippen molar-refractivity contribution in [2.24, 2.45) is 0 Å². The van der Waals surface area contributed by atoms with Gasteiger partial charge in [0.05, 0.1) is 24.6 Å². The number of para-hydroxylation sites is 1. The van der Waals surface area contributed by atoms with E-state index in [9.17, 15) is 9.90 Å². The monoisotopic (exact) mass is 343 g/mol. The van der Waals surface area contributed by atoms with Crippen molar-refractivity contribution in [2.45, 2.75) is 44.9 Å². The summed E-state index contributed by atoms with van der Waals surface area (Å²) in [4.78, 5) is 14.0. The summed E-state index contributed by atoms with van der Waals surface area (Å²) in [7, 11) is 1.39. The van der Waals surface area contributed by atoms with Crippen molar-refractivity contribution in [1.82, 2.24) is 14.7 Å². The molecule has 0 bridgehead atoms. The SMILES string of the molecule is COC(=O)[C@H]1C[C@H](O)CN1Cc1cn(-c2ccccc2)nc1C(C)C. The maximum Gasteiger partial charge on any atom is 0.323 e. The molecular weight excluding hydrogens is 318 g/mol. The first-order valence-electron chi connectivity index (χ1n) is 8.63. The smallest absolute Gasteiger partial charge is 0.323 e. The van der Waals surface area contributed by atoms with Crippen LogP contribution in [0.1, 0.15) is 37.4 Å². The van der Waals surface area contributed by atoms with Crippen LogP contribution in [-0.2, 0) is 16.1 Å². The molecule has 1 aliphatic heterocycles.